The van der Waals surface area contributed by atoms with Crippen molar-refractivity contribution in [3.8, 4) is 28.4 Å². The first-order valence-corrected chi connectivity index (χ1v) is 15.1. The van der Waals surface area contributed by atoms with E-state index in [1.165, 1.54) is 4.52 Å². The summed E-state index contributed by atoms with van der Waals surface area (Å²) in [5, 5.41) is 9.33. The Morgan fingerprint density at radius 1 is 0.977 bits per heavy atom. The summed E-state index contributed by atoms with van der Waals surface area (Å²) < 4.78 is 14.6. The zero-order valence-corrected chi connectivity index (χ0v) is 25.7. The van der Waals surface area contributed by atoms with E-state index < -0.39 is 5.56 Å². The number of para-hydroxylation sites is 1. The number of nitrogens with zero attached hydrogens (tertiary/aromatic N) is 5. The van der Waals surface area contributed by atoms with Crippen LogP contribution in [0.1, 0.15) is 36.2 Å². The smallest absolute Gasteiger partial charge is 0.296 e. The predicted molar refractivity (Wildman–Crippen MR) is 172 cm³/mol. The van der Waals surface area contributed by atoms with E-state index in [1.54, 1.807) is 17.9 Å². The third-order valence-electron chi connectivity index (χ3n) is 7.05. The maximum atomic E-state index is 13.6. The summed E-state index contributed by atoms with van der Waals surface area (Å²) in [4.78, 5) is 30.8. The minimum absolute atomic E-state index is 0.196. The Labute approximate surface area is 257 Å². The first-order chi connectivity index (χ1) is 21.3. The summed E-state index contributed by atoms with van der Waals surface area (Å²) in [5.74, 6) is 1.96. The van der Waals surface area contributed by atoms with Gasteiger partial charge >= 0.3 is 0 Å². The van der Waals surface area contributed by atoms with Crippen LogP contribution in [-0.2, 0) is 6.42 Å². The van der Waals surface area contributed by atoms with Gasteiger partial charge in [0.15, 0.2) is 0 Å². The Morgan fingerprint density at radius 3 is 2.45 bits per heavy atom. The number of methoxy groups -OCH3 is 1. The quantitative estimate of drug-likeness (QED) is 0.232. The van der Waals surface area contributed by atoms with Gasteiger partial charge in [0, 0.05) is 23.7 Å². The number of rotatable bonds is 9. The molecular weight excluding hydrogens is 574 g/mol. The molecule has 0 aliphatic carbocycles. The van der Waals surface area contributed by atoms with Gasteiger partial charge in [0.2, 0.25) is 4.96 Å². The molecule has 0 saturated heterocycles. The lowest BCUT2D eigenvalue weighted by atomic mass is 10.0. The number of fused-ring (bicyclic) bond motifs is 1. The maximum Gasteiger partial charge on any atom is 0.296 e. The Kier molecular flexibility index (Phi) is 8.08. The average molecular weight is 606 g/mol. The molecule has 0 radical (unpaired) electrons. The zero-order chi connectivity index (χ0) is 30.8. The van der Waals surface area contributed by atoms with E-state index in [0.717, 1.165) is 45.0 Å². The molecule has 0 unspecified atom stereocenters. The van der Waals surface area contributed by atoms with E-state index in [-0.39, 0.29) is 22.6 Å². The van der Waals surface area contributed by atoms with Crippen LogP contribution in [0.3, 0.4) is 0 Å². The lowest BCUT2D eigenvalue weighted by molar-refractivity contribution is 0.269. The molecule has 10 heteroatoms. The van der Waals surface area contributed by atoms with Gasteiger partial charge in [-0.3, -0.25) is 9.59 Å². The first kappa shape index (κ1) is 29.0. The zero-order valence-electron chi connectivity index (χ0n) is 24.9. The van der Waals surface area contributed by atoms with Crippen molar-refractivity contribution in [2.24, 2.45) is 5.92 Å². The minimum atomic E-state index is -0.457. The molecule has 3 heterocycles. The predicted octanol–water partition coefficient (Wildman–Crippen LogP) is 4.85. The number of hydrogen-bond acceptors (Lipinski definition) is 8. The SMILES string of the molecule is COc1ccc(Cc2nn3c(=O)/c(=C/c4cn(-c5ccccc5)nc4-c4ccc(OCC(C)C)c(C)c4)sc3nc2=O)cc1. The molecule has 0 atom stereocenters. The second-order valence-corrected chi connectivity index (χ2v) is 11.9. The standard InChI is InChI=1S/C34H31N5O4S/c1-21(2)20-43-29-15-12-24(16-22(29)3)31-25(19-38(37-31)26-8-6-5-7-9-26)18-30-33(41)39-34(44-30)35-32(40)28(36-39)17-23-10-13-27(42-4)14-11-23/h5-16,18-19,21H,17,20H2,1-4H3/b30-18-. The van der Waals surface area contributed by atoms with Crippen LogP contribution >= 0.6 is 11.3 Å². The molecule has 0 aliphatic rings. The number of benzene rings is 3. The van der Waals surface area contributed by atoms with Crippen LogP contribution in [0.5, 0.6) is 11.5 Å². The van der Waals surface area contributed by atoms with Crippen molar-refractivity contribution in [1.29, 1.82) is 0 Å². The van der Waals surface area contributed by atoms with E-state index in [4.69, 9.17) is 14.6 Å². The van der Waals surface area contributed by atoms with Gasteiger partial charge in [0.05, 0.1) is 23.9 Å². The van der Waals surface area contributed by atoms with Gasteiger partial charge in [0.1, 0.15) is 22.9 Å². The molecule has 222 valence electrons. The minimum Gasteiger partial charge on any atom is -0.497 e. The summed E-state index contributed by atoms with van der Waals surface area (Å²) in [7, 11) is 1.60. The molecule has 3 aromatic heterocycles. The van der Waals surface area contributed by atoms with Gasteiger partial charge in [-0.2, -0.15) is 19.7 Å². The molecule has 0 saturated carbocycles. The largest absolute Gasteiger partial charge is 0.497 e. The topological polar surface area (TPSA) is 101 Å². The molecule has 0 N–H and O–H groups in total. The van der Waals surface area contributed by atoms with Gasteiger partial charge in [0.25, 0.3) is 11.1 Å². The van der Waals surface area contributed by atoms with E-state index in [1.807, 2.05) is 85.9 Å². The van der Waals surface area contributed by atoms with Crippen molar-refractivity contribution in [3.63, 3.8) is 0 Å². The molecule has 0 fully saturated rings. The summed E-state index contributed by atoms with van der Waals surface area (Å²) in [6.07, 6.45) is 3.93. The van der Waals surface area contributed by atoms with Crippen LogP contribution in [0.15, 0.2) is 88.6 Å². The number of aryl methyl sites for hydroxylation is 1. The normalized spacial score (nSPS) is 11.9. The van der Waals surface area contributed by atoms with Crippen LogP contribution in [0, 0.1) is 12.8 Å². The van der Waals surface area contributed by atoms with E-state index in [9.17, 15) is 9.59 Å². The van der Waals surface area contributed by atoms with Crippen LogP contribution in [0.2, 0.25) is 0 Å². The molecule has 0 aliphatic heterocycles. The number of hydrogen-bond donors (Lipinski definition) is 0. The fourth-order valence-electron chi connectivity index (χ4n) is 4.78. The van der Waals surface area contributed by atoms with Crippen molar-refractivity contribution < 1.29 is 9.47 Å². The molecule has 6 aromatic rings. The third kappa shape index (κ3) is 6.02. The summed E-state index contributed by atoms with van der Waals surface area (Å²) >= 11 is 1.12. The van der Waals surface area contributed by atoms with E-state index in [0.29, 0.717) is 28.5 Å². The highest BCUT2D eigenvalue weighted by Gasteiger charge is 2.16. The van der Waals surface area contributed by atoms with Crippen molar-refractivity contribution in [1.82, 2.24) is 24.4 Å². The molecule has 0 spiro atoms. The van der Waals surface area contributed by atoms with Gasteiger partial charge in [-0.05, 0) is 72.5 Å². The van der Waals surface area contributed by atoms with E-state index >= 15 is 0 Å². The van der Waals surface area contributed by atoms with Crippen molar-refractivity contribution >= 4 is 22.4 Å². The highest BCUT2D eigenvalue weighted by atomic mass is 32.1. The van der Waals surface area contributed by atoms with Gasteiger partial charge in [-0.25, -0.2) is 4.68 Å². The Hall–Kier alpha value is -5.09. The van der Waals surface area contributed by atoms with Crippen molar-refractivity contribution in [2.75, 3.05) is 13.7 Å². The molecule has 0 amide bonds. The third-order valence-corrected chi connectivity index (χ3v) is 8.01. The van der Waals surface area contributed by atoms with Gasteiger partial charge in [-0.1, -0.05) is 55.5 Å². The highest BCUT2D eigenvalue weighted by molar-refractivity contribution is 7.15. The fourth-order valence-corrected chi connectivity index (χ4v) is 5.67. The van der Waals surface area contributed by atoms with Crippen molar-refractivity contribution in [2.45, 2.75) is 27.2 Å². The second kappa shape index (κ2) is 12.3. The molecule has 6 rings (SSSR count). The highest BCUT2D eigenvalue weighted by Crippen LogP contribution is 2.29. The molecule has 44 heavy (non-hydrogen) atoms. The van der Waals surface area contributed by atoms with Crippen LogP contribution in [-0.4, -0.2) is 38.1 Å². The molecule has 0 bridgehead atoms. The van der Waals surface area contributed by atoms with Crippen molar-refractivity contribution in [3.05, 3.63) is 127 Å². The number of ether oxygens (including phenoxy) is 2. The lowest BCUT2D eigenvalue weighted by Crippen LogP contribution is -2.28. The van der Waals surface area contributed by atoms with Gasteiger partial charge in [-0.15, -0.1) is 0 Å². The summed E-state index contributed by atoms with van der Waals surface area (Å²) in [6.45, 7) is 6.87. The second-order valence-electron chi connectivity index (χ2n) is 10.9. The fraction of sp³-hybridized carbons (Fsp3) is 0.206. The monoisotopic (exact) mass is 605 g/mol. The van der Waals surface area contributed by atoms with Crippen LogP contribution in [0.4, 0.5) is 0 Å². The number of thiazole rings is 1. The summed E-state index contributed by atoms with van der Waals surface area (Å²) in [5.41, 5.74) is 4.48. The summed E-state index contributed by atoms with van der Waals surface area (Å²) in [6, 6.07) is 23.1. The Bertz CT molecular complexity index is 2120. The van der Waals surface area contributed by atoms with E-state index in [2.05, 4.69) is 23.9 Å². The Balaban J connectivity index is 1.43. The average Bonchev–Trinajstić information content (AvgIpc) is 3.58. The Morgan fingerprint density at radius 2 is 1.75 bits per heavy atom. The lowest BCUT2D eigenvalue weighted by Gasteiger charge is -2.12. The number of aromatic nitrogens is 5. The molecule has 3 aromatic carbocycles. The van der Waals surface area contributed by atoms with Gasteiger partial charge < -0.3 is 9.47 Å². The maximum absolute atomic E-state index is 13.6. The molecular formula is C34H31N5O4S. The molecule has 9 nitrogen and oxygen atoms in total. The van der Waals surface area contributed by atoms with Crippen LogP contribution < -0.4 is 25.1 Å². The van der Waals surface area contributed by atoms with Crippen LogP contribution in [0.25, 0.3) is 28.0 Å². The first-order valence-electron chi connectivity index (χ1n) is 14.3.